The minimum atomic E-state index is -1.08. The van der Waals surface area contributed by atoms with Gasteiger partial charge in [0.2, 0.25) is 0 Å². The van der Waals surface area contributed by atoms with E-state index in [0.29, 0.717) is 18.8 Å². The maximum Gasteiger partial charge on any atom is 0.328 e. The van der Waals surface area contributed by atoms with Crippen LogP contribution in [0, 0.1) is 5.82 Å². The predicted molar refractivity (Wildman–Crippen MR) is 73.8 cm³/mol. The van der Waals surface area contributed by atoms with Crippen molar-refractivity contribution in [2.75, 3.05) is 13.2 Å². The largest absolute Gasteiger partial charge is 0.478 e. The number of halogens is 1. The molecule has 20 heavy (non-hydrogen) atoms. The highest BCUT2D eigenvalue weighted by molar-refractivity contribution is 5.85. The van der Waals surface area contributed by atoms with Crippen LogP contribution in [0.1, 0.15) is 25.0 Å². The van der Waals surface area contributed by atoms with Crippen molar-refractivity contribution in [3.63, 3.8) is 0 Å². The topological polar surface area (TPSA) is 55.8 Å². The molecule has 0 aliphatic rings. The minimum Gasteiger partial charge on any atom is -0.478 e. The molecule has 0 unspecified atom stereocenters. The molecule has 4 nitrogen and oxygen atoms in total. The van der Waals surface area contributed by atoms with Gasteiger partial charge >= 0.3 is 5.97 Å². The van der Waals surface area contributed by atoms with Gasteiger partial charge in [-0.3, -0.25) is 0 Å². The summed E-state index contributed by atoms with van der Waals surface area (Å²) in [4.78, 5) is 10.5. The van der Waals surface area contributed by atoms with Crippen LogP contribution >= 0.6 is 0 Å². The average molecular weight is 282 g/mol. The highest BCUT2D eigenvalue weighted by Crippen LogP contribution is 2.14. The van der Waals surface area contributed by atoms with E-state index in [-0.39, 0.29) is 12.7 Å². The van der Waals surface area contributed by atoms with Gasteiger partial charge in [0.15, 0.2) is 0 Å². The van der Waals surface area contributed by atoms with Gasteiger partial charge in [0.25, 0.3) is 0 Å². The molecule has 0 bridgehead atoms. The van der Waals surface area contributed by atoms with Crippen LogP contribution in [0.25, 0.3) is 6.08 Å². The first kappa shape index (κ1) is 16.3. The predicted octanol–water partition coefficient (Wildman–Crippen LogP) is 2.87. The van der Waals surface area contributed by atoms with Gasteiger partial charge in [0.05, 0.1) is 25.9 Å². The van der Waals surface area contributed by atoms with E-state index in [1.54, 1.807) is 6.07 Å². The van der Waals surface area contributed by atoms with Crippen LogP contribution in [-0.4, -0.2) is 30.4 Å². The Hall–Kier alpha value is -1.72. The molecule has 1 N–H and O–H groups in total. The van der Waals surface area contributed by atoms with Crippen molar-refractivity contribution >= 4 is 12.0 Å². The fourth-order valence-electron chi connectivity index (χ4n) is 1.54. The summed E-state index contributed by atoms with van der Waals surface area (Å²) < 4.78 is 23.9. The fourth-order valence-corrected chi connectivity index (χ4v) is 1.54. The first-order valence-electron chi connectivity index (χ1n) is 6.38. The molecule has 5 heteroatoms. The Kier molecular flexibility index (Phi) is 6.90. The summed E-state index contributed by atoms with van der Waals surface area (Å²) in [5.41, 5.74) is 1.23. The number of hydrogen-bond donors (Lipinski definition) is 1. The number of carbonyl (C=O) groups is 1. The van der Waals surface area contributed by atoms with Gasteiger partial charge in [-0.05, 0) is 43.2 Å². The summed E-state index contributed by atoms with van der Waals surface area (Å²) in [6.45, 7) is 5.07. The average Bonchev–Trinajstić information content (AvgIpc) is 2.37. The zero-order chi connectivity index (χ0) is 15.0. The maximum absolute atomic E-state index is 13.2. The molecule has 0 aliphatic heterocycles. The van der Waals surface area contributed by atoms with Crippen molar-refractivity contribution in [3.05, 3.63) is 41.2 Å². The molecular formula is C15H19FO4. The molecule has 0 saturated heterocycles. The maximum atomic E-state index is 13.2. The third kappa shape index (κ3) is 6.45. The van der Waals surface area contributed by atoms with Crippen LogP contribution in [0.4, 0.5) is 4.39 Å². The second kappa shape index (κ2) is 8.45. The molecule has 0 atom stereocenters. The highest BCUT2D eigenvalue weighted by Gasteiger charge is 2.03. The summed E-state index contributed by atoms with van der Waals surface area (Å²) in [5.74, 6) is -1.49. The molecule has 110 valence electrons. The van der Waals surface area contributed by atoms with Crippen LogP contribution in [0.3, 0.4) is 0 Å². The Morgan fingerprint density at radius 2 is 2.15 bits per heavy atom. The van der Waals surface area contributed by atoms with Crippen LogP contribution in [0.15, 0.2) is 24.3 Å². The molecule has 0 amide bonds. The first-order valence-corrected chi connectivity index (χ1v) is 6.38. The van der Waals surface area contributed by atoms with E-state index in [2.05, 4.69) is 0 Å². The van der Waals surface area contributed by atoms with Crippen LogP contribution in [0.5, 0.6) is 0 Å². The molecule has 0 aliphatic carbocycles. The lowest BCUT2D eigenvalue weighted by molar-refractivity contribution is -0.131. The Balaban J connectivity index is 2.58. The first-order chi connectivity index (χ1) is 9.49. The molecule has 0 heterocycles. The van der Waals surface area contributed by atoms with Gasteiger partial charge in [-0.2, -0.15) is 0 Å². The number of benzene rings is 1. The molecule has 0 aromatic heterocycles. The SMILES string of the molecule is CC(C)OCCOCc1ccc(F)cc1C=CC(=O)O. The quantitative estimate of drug-likeness (QED) is 0.588. The van der Waals surface area contributed by atoms with Gasteiger partial charge in [0, 0.05) is 6.08 Å². The van der Waals surface area contributed by atoms with Gasteiger partial charge in [-0.25, -0.2) is 9.18 Å². The summed E-state index contributed by atoms with van der Waals surface area (Å²) >= 11 is 0. The van der Waals surface area contributed by atoms with Crippen molar-refractivity contribution in [1.29, 1.82) is 0 Å². The number of aliphatic carboxylic acids is 1. The lowest BCUT2D eigenvalue weighted by atomic mass is 10.1. The number of carboxylic acid groups (broad SMARTS) is 1. The van der Waals surface area contributed by atoms with E-state index in [9.17, 15) is 9.18 Å². The summed E-state index contributed by atoms with van der Waals surface area (Å²) in [6.07, 6.45) is 2.48. The lowest BCUT2D eigenvalue weighted by Gasteiger charge is -2.10. The minimum absolute atomic E-state index is 0.151. The van der Waals surface area contributed by atoms with Crippen LogP contribution in [-0.2, 0) is 20.9 Å². The summed E-state index contributed by atoms with van der Waals surface area (Å²) in [5, 5.41) is 8.60. The lowest BCUT2D eigenvalue weighted by Crippen LogP contribution is -2.09. The van der Waals surface area contributed by atoms with Crippen molar-refractivity contribution in [3.8, 4) is 0 Å². The molecule has 1 rings (SSSR count). The van der Waals surface area contributed by atoms with E-state index in [0.717, 1.165) is 11.6 Å². The third-order valence-corrected chi connectivity index (χ3v) is 2.45. The zero-order valence-electron chi connectivity index (χ0n) is 11.6. The zero-order valence-corrected chi connectivity index (χ0v) is 11.6. The normalized spacial score (nSPS) is 11.4. The Morgan fingerprint density at radius 3 is 2.80 bits per heavy atom. The molecule has 0 radical (unpaired) electrons. The Labute approximate surface area is 117 Å². The highest BCUT2D eigenvalue weighted by atomic mass is 19.1. The number of hydrogen-bond acceptors (Lipinski definition) is 3. The molecule has 1 aromatic rings. The number of rotatable bonds is 8. The van der Waals surface area contributed by atoms with Crippen molar-refractivity contribution in [2.24, 2.45) is 0 Å². The van der Waals surface area contributed by atoms with E-state index in [4.69, 9.17) is 14.6 Å². The van der Waals surface area contributed by atoms with Crippen LogP contribution in [0.2, 0.25) is 0 Å². The van der Waals surface area contributed by atoms with E-state index in [1.165, 1.54) is 18.2 Å². The van der Waals surface area contributed by atoms with Gasteiger partial charge in [-0.1, -0.05) is 6.07 Å². The fraction of sp³-hybridized carbons (Fsp3) is 0.400. The molecule has 0 spiro atoms. The summed E-state index contributed by atoms with van der Waals surface area (Å²) in [7, 11) is 0. The van der Waals surface area contributed by atoms with Crippen LogP contribution < -0.4 is 0 Å². The second-order valence-corrected chi connectivity index (χ2v) is 4.49. The van der Waals surface area contributed by atoms with E-state index >= 15 is 0 Å². The molecule has 1 aromatic carbocycles. The third-order valence-electron chi connectivity index (χ3n) is 2.45. The van der Waals surface area contributed by atoms with E-state index in [1.807, 2.05) is 13.8 Å². The monoisotopic (exact) mass is 282 g/mol. The smallest absolute Gasteiger partial charge is 0.328 e. The van der Waals surface area contributed by atoms with E-state index < -0.39 is 11.8 Å². The van der Waals surface area contributed by atoms with Gasteiger partial charge in [-0.15, -0.1) is 0 Å². The second-order valence-electron chi connectivity index (χ2n) is 4.49. The van der Waals surface area contributed by atoms with Crippen molar-refractivity contribution in [1.82, 2.24) is 0 Å². The van der Waals surface area contributed by atoms with Crippen molar-refractivity contribution < 1.29 is 23.8 Å². The Bertz CT molecular complexity index is 469. The standard InChI is InChI=1S/C15H19FO4/c1-11(2)20-8-7-19-10-13-3-5-14(16)9-12(13)4-6-15(17)18/h3-6,9,11H,7-8,10H2,1-2H3,(H,17,18). The van der Waals surface area contributed by atoms with Crippen molar-refractivity contribution in [2.45, 2.75) is 26.6 Å². The number of ether oxygens (including phenoxy) is 2. The summed E-state index contributed by atoms with van der Waals surface area (Å²) in [6, 6.07) is 4.18. The molecule has 0 fully saturated rings. The Morgan fingerprint density at radius 1 is 1.40 bits per heavy atom. The van der Waals surface area contributed by atoms with Gasteiger partial charge < -0.3 is 14.6 Å². The number of carboxylic acids is 1. The molecule has 0 saturated carbocycles. The molecular weight excluding hydrogens is 263 g/mol. The van der Waals surface area contributed by atoms with Gasteiger partial charge in [0.1, 0.15) is 5.82 Å².